The summed E-state index contributed by atoms with van der Waals surface area (Å²) in [5, 5.41) is 0. The van der Waals surface area contributed by atoms with Crippen molar-refractivity contribution in [2.45, 2.75) is 13.3 Å². The summed E-state index contributed by atoms with van der Waals surface area (Å²) in [5.41, 5.74) is 0. The first-order valence-electron chi connectivity index (χ1n) is 4.68. The first kappa shape index (κ1) is 10.8. The summed E-state index contributed by atoms with van der Waals surface area (Å²) in [5.74, 6) is 0.483. The summed E-state index contributed by atoms with van der Waals surface area (Å²) in [6, 6.07) is 0. The molecule has 1 unspecified atom stereocenters. The van der Waals surface area contributed by atoms with Gasteiger partial charge in [-0.2, -0.15) is 0 Å². The maximum atomic E-state index is 11.7. The molecule has 4 heteroatoms. The number of halogens is 1. The molecule has 0 bridgehead atoms. The fraction of sp³-hybridized carbons (Fsp3) is 0.889. The van der Waals surface area contributed by atoms with Crippen molar-refractivity contribution in [3.05, 3.63) is 0 Å². The van der Waals surface area contributed by atoms with Crippen molar-refractivity contribution in [3.8, 4) is 0 Å². The molecule has 1 amide bonds. The molecule has 0 aromatic rings. The third kappa shape index (κ3) is 3.16. The van der Waals surface area contributed by atoms with E-state index in [1.54, 1.807) is 0 Å². The van der Waals surface area contributed by atoms with E-state index < -0.39 is 0 Å². The lowest BCUT2D eigenvalue weighted by molar-refractivity contribution is -0.134. The van der Waals surface area contributed by atoms with Gasteiger partial charge in [-0.15, -0.1) is 11.6 Å². The third-order valence-electron chi connectivity index (χ3n) is 2.19. The quantitative estimate of drug-likeness (QED) is 0.633. The number of alkyl halides is 1. The van der Waals surface area contributed by atoms with Gasteiger partial charge in [0, 0.05) is 31.5 Å². The van der Waals surface area contributed by atoms with Crippen LogP contribution in [-0.4, -0.2) is 43.0 Å². The zero-order chi connectivity index (χ0) is 9.68. The Morgan fingerprint density at radius 1 is 1.54 bits per heavy atom. The second-order valence-corrected chi connectivity index (χ2v) is 3.66. The lowest BCUT2D eigenvalue weighted by Crippen LogP contribution is -2.37. The minimum absolute atomic E-state index is 0.0697. The molecule has 0 aromatic heterocycles. The van der Waals surface area contributed by atoms with Crippen LogP contribution in [0.15, 0.2) is 0 Å². The van der Waals surface area contributed by atoms with Gasteiger partial charge in [-0.05, 0) is 6.42 Å². The number of rotatable bonds is 2. The maximum absolute atomic E-state index is 11.7. The van der Waals surface area contributed by atoms with E-state index in [-0.39, 0.29) is 11.8 Å². The molecular weight excluding hydrogens is 190 g/mol. The van der Waals surface area contributed by atoms with Crippen molar-refractivity contribution < 1.29 is 9.53 Å². The first-order chi connectivity index (χ1) is 6.25. The second-order valence-electron chi connectivity index (χ2n) is 3.35. The summed E-state index contributed by atoms with van der Waals surface area (Å²) in [4.78, 5) is 13.5. The highest BCUT2D eigenvalue weighted by atomic mass is 35.5. The Morgan fingerprint density at radius 3 is 3.00 bits per heavy atom. The summed E-state index contributed by atoms with van der Waals surface area (Å²) >= 11 is 5.63. The van der Waals surface area contributed by atoms with Crippen LogP contribution in [0.3, 0.4) is 0 Å². The fourth-order valence-electron chi connectivity index (χ4n) is 1.34. The van der Waals surface area contributed by atoms with Crippen molar-refractivity contribution in [1.29, 1.82) is 0 Å². The minimum atomic E-state index is -0.0697. The molecule has 1 aliphatic rings. The molecule has 0 N–H and O–H groups in total. The average molecular weight is 206 g/mol. The first-order valence-corrected chi connectivity index (χ1v) is 5.21. The van der Waals surface area contributed by atoms with Gasteiger partial charge in [0.05, 0.1) is 6.61 Å². The average Bonchev–Trinajstić information content (AvgIpc) is 2.43. The van der Waals surface area contributed by atoms with Crippen LogP contribution in [0, 0.1) is 5.92 Å². The Bertz CT molecular complexity index is 167. The highest BCUT2D eigenvalue weighted by Crippen LogP contribution is 2.07. The fourth-order valence-corrected chi connectivity index (χ4v) is 1.48. The van der Waals surface area contributed by atoms with Crippen LogP contribution >= 0.6 is 11.6 Å². The van der Waals surface area contributed by atoms with E-state index in [9.17, 15) is 4.79 Å². The zero-order valence-corrected chi connectivity index (χ0v) is 8.72. The molecule has 1 fully saturated rings. The Balaban J connectivity index is 2.43. The highest BCUT2D eigenvalue weighted by Gasteiger charge is 2.20. The molecule has 0 aliphatic carbocycles. The molecule has 0 radical (unpaired) electrons. The Hall–Kier alpha value is -0.280. The smallest absolute Gasteiger partial charge is 0.226 e. The van der Waals surface area contributed by atoms with Crippen molar-refractivity contribution in [1.82, 2.24) is 4.90 Å². The molecule has 1 heterocycles. The molecule has 0 saturated carbocycles. The predicted molar refractivity (Wildman–Crippen MR) is 51.9 cm³/mol. The van der Waals surface area contributed by atoms with E-state index in [4.69, 9.17) is 16.3 Å². The predicted octanol–water partition coefficient (Wildman–Crippen LogP) is 1.11. The monoisotopic (exact) mass is 205 g/mol. The second kappa shape index (κ2) is 5.45. The number of ether oxygens (including phenoxy) is 1. The number of hydrogen-bond donors (Lipinski definition) is 0. The van der Waals surface area contributed by atoms with Crippen LogP contribution in [0.5, 0.6) is 0 Å². The van der Waals surface area contributed by atoms with Crippen LogP contribution in [0.4, 0.5) is 0 Å². The van der Waals surface area contributed by atoms with Gasteiger partial charge < -0.3 is 9.64 Å². The number of nitrogens with zero attached hydrogens (tertiary/aromatic N) is 1. The number of hydrogen-bond acceptors (Lipinski definition) is 2. The van der Waals surface area contributed by atoms with E-state index in [1.165, 1.54) is 0 Å². The minimum Gasteiger partial charge on any atom is -0.380 e. The van der Waals surface area contributed by atoms with Crippen molar-refractivity contribution in [3.63, 3.8) is 0 Å². The molecule has 13 heavy (non-hydrogen) atoms. The Kier molecular flexibility index (Phi) is 4.53. The van der Waals surface area contributed by atoms with E-state index in [0.717, 1.165) is 19.6 Å². The van der Waals surface area contributed by atoms with Crippen LogP contribution < -0.4 is 0 Å². The standard InChI is InChI=1S/C9H16ClNO2/c1-8(7-10)9(12)11-3-2-5-13-6-4-11/h8H,2-7H2,1H3. The molecule has 0 aromatic carbocycles. The molecule has 0 spiro atoms. The van der Waals surface area contributed by atoms with Gasteiger partial charge in [0.2, 0.25) is 5.91 Å². The molecule has 1 saturated heterocycles. The largest absolute Gasteiger partial charge is 0.380 e. The zero-order valence-electron chi connectivity index (χ0n) is 7.96. The normalized spacial score (nSPS) is 20.9. The maximum Gasteiger partial charge on any atom is 0.226 e. The van der Waals surface area contributed by atoms with Crippen molar-refractivity contribution >= 4 is 17.5 Å². The summed E-state index contributed by atoms with van der Waals surface area (Å²) in [6.07, 6.45) is 0.931. The van der Waals surface area contributed by atoms with Crippen LogP contribution in [0.25, 0.3) is 0 Å². The third-order valence-corrected chi connectivity index (χ3v) is 2.65. The van der Waals surface area contributed by atoms with Crippen molar-refractivity contribution in [2.24, 2.45) is 5.92 Å². The van der Waals surface area contributed by atoms with Gasteiger partial charge in [0.15, 0.2) is 0 Å². The van der Waals surface area contributed by atoms with E-state index in [0.29, 0.717) is 19.0 Å². The van der Waals surface area contributed by atoms with Gasteiger partial charge in [-0.1, -0.05) is 6.92 Å². The Morgan fingerprint density at radius 2 is 2.31 bits per heavy atom. The molecular formula is C9H16ClNO2. The molecule has 1 aliphatic heterocycles. The molecule has 1 atom stereocenters. The van der Waals surface area contributed by atoms with Gasteiger partial charge in [-0.25, -0.2) is 0 Å². The van der Waals surface area contributed by atoms with Crippen LogP contribution in [0.1, 0.15) is 13.3 Å². The lowest BCUT2D eigenvalue weighted by atomic mass is 10.2. The number of amides is 1. The van der Waals surface area contributed by atoms with Crippen molar-refractivity contribution in [2.75, 3.05) is 32.2 Å². The van der Waals surface area contributed by atoms with Gasteiger partial charge in [-0.3, -0.25) is 4.79 Å². The van der Waals surface area contributed by atoms with Crippen LogP contribution in [-0.2, 0) is 9.53 Å². The van der Waals surface area contributed by atoms with Gasteiger partial charge >= 0.3 is 0 Å². The number of carbonyl (C=O) groups excluding carboxylic acids is 1. The summed E-state index contributed by atoms with van der Waals surface area (Å²) < 4.78 is 5.26. The van der Waals surface area contributed by atoms with E-state index in [2.05, 4.69) is 0 Å². The van der Waals surface area contributed by atoms with E-state index >= 15 is 0 Å². The lowest BCUT2D eigenvalue weighted by Gasteiger charge is -2.22. The topological polar surface area (TPSA) is 29.5 Å². The molecule has 76 valence electrons. The van der Waals surface area contributed by atoms with Gasteiger partial charge in [0.25, 0.3) is 0 Å². The van der Waals surface area contributed by atoms with E-state index in [1.807, 2.05) is 11.8 Å². The Labute approximate surface area is 84.0 Å². The highest BCUT2D eigenvalue weighted by molar-refractivity contribution is 6.19. The molecule has 3 nitrogen and oxygen atoms in total. The summed E-state index contributed by atoms with van der Waals surface area (Å²) in [7, 11) is 0. The SMILES string of the molecule is CC(CCl)C(=O)N1CCCOCC1. The summed E-state index contributed by atoms with van der Waals surface area (Å²) in [6.45, 7) is 4.79. The molecule has 1 rings (SSSR count). The van der Waals surface area contributed by atoms with Gasteiger partial charge in [0.1, 0.15) is 0 Å². The number of carbonyl (C=O) groups is 1. The van der Waals surface area contributed by atoms with Crippen LogP contribution in [0.2, 0.25) is 0 Å².